The second kappa shape index (κ2) is 7.44. The Labute approximate surface area is 131 Å². The number of hydrogen-bond acceptors (Lipinski definition) is 4. The maximum absolute atomic E-state index is 13.1. The molecule has 5 nitrogen and oxygen atoms in total. The molecule has 7 heteroatoms. The zero-order chi connectivity index (χ0) is 16.8. The van der Waals surface area contributed by atoms with Crippen molar-refractivity contribution in [3.05, 3.63) is 48.0 Å². The van der Waals surface area contributed by atoms with Crippen molar-refractivity contribution in [1.82, 2.24) is 0 Å². The smallest absolute Gasteiger partial charge is 0.262 e. The summed E-state index contributed by atoms with van der Waals surface area (Å²) in [6.45, 7) is -0.351. The zero-order valence-electron chi connectivity index (χ0n) is 12.6. The minimum absolute atomic E-state index is 0.129. The summed E-state index contributed by atoms with van der Waals surface area (Å²) in [5.41, 5.74) is 0.129. The summed E-state index contributed by atoms with van der Waals surface area (Å²) in [6.07, 6.45) is 0. The minimum atomic E-state index is -1.05. The van der Waals surface area contributed by atoms with Gasteiger partial charge in [0.1, 0.15) is 0 Å². The molecule has 1 amide bonds. The molecule has 2 rings (SSSR count). The van der Waals surface area contributed by atoms with Crippen molar-refractivity contribution in [2.75, 3.05) is 26.1 Å². The molecular formula is C16H15F2NO4. The molecule has 0 aromatic heterocycles. The summed E-state index contributed by atoms with van der Waals surface area (Å²) in [5.74, 6) is -1.48. The Bertz CT molecular complexity index is 684. The second-order valence-electron chi connectivity index (χ2n) is 4.46. The summed E-state index contributed by atoms with van der Waals surface area (Å²) < 4.78 is 41.6. The predicted molar refractivity (Wildman–Crippen MR) is 80.0 cm³/mol. The van der Waals surface area contributed by atoms with Gasteiger partial charge in [-0.05, 0) is 24.3 Å². The number of carbonyl (C=O) groups is 1. The molecule has 0 aliphatic carbocycles. The molecule has 0 heterocycles. The van der Waals surface area contributed by atoms with Crippen LogP contribution in [-0.4, -0.2) is 26.7 Å². The van der Waals surface area contributed by atoms with Crippen molar-refractivity contribution >= 4 is 11.6 Å². The molecule has 0 unspecified atom stereocenters. The number of methoxy groups -OCH3 is 2. The highest BCUT2D eigenvalue weighted by Crippen LogP contribution is 2.36. The van der Waals surface area contributed by atoms with E-state index in [1.54, 1.807) is 18.2 Å². The maximum Gasteiger partial charge on any atom is 0.262 e. The van der Waals surface area contributed by atoms with E-state index in [2.05, 4.69) is 5.32 Å². The first-order valence-corrected chi connectivity index (χ1v) is 6.64. The molecule has 0 saturated carbocycles. The van der Waals surface area contributed by atoms with Crippen LogP contribution in [-0.2, 0) is 4.79 Å². The van der Waals surface area contributed by atoms with E-state index in [1.165, 1.54) is 20.3 Å². The average molecular weight is 323 g/mol. The van der Waals surface area contributed by atoms with Crippen molar-refractivity contribution in [2.45, 2.75) is 0 Å². The van der Waals surface area contributed by atoms with Gasteiger partial charge >= 0.3 is 0 Å². The summed E-state index contributed by atoms with van der Waals surface area (Å²) in [6, 6.07) is 8.09. The van der Waals surface area contributed by atoms with Gasteiger partial charge in [-0.1, -0.05) is 6.07 Å². The van der Waals surface area contributed by atoms with Crippen LogP contribution in [0.4, 0.5) is 14.5 Å². The SMILES string of the molecule is COc1cccc(OC)c1OCC(=O)Nc1ccc(F)c(F)c1. The van der Waals surface area contributed by atoms with Gasteiger partial charge in [0.25, 0.3) is 5.91 Å². The topological polar surface area (TPSA) is 56.8 Å². The molecule has 0 saturated heterocycles. The Kier molecular flexibility index (Phi) is 5.35. The largest absolute Gasteiger partial charge is 0.493 e. The van der Waals surface area contributed by atoms with Crippen molar-refractivity contribution < 1.29 is 27.8 Å². The number of amides is 1. The molecule has 122 valence electrons. The first-order chi connectivity index (χ1) is 11.0. The first-order valence-electron chi connectivity index (χ1n) is 6.64. The molecule has 0 fully saturated rings. The Balaban J connectivity index is 2.03. The fourth-order valence-electron chi connectivity index (χ4n) is 1.87. The highest BCUT2D eigenvalue weighted by Gasteiger charge is 2.13. The standard InChI is InChI=1S/C16H15F2NO4/c1-21-13-4-3-5-14(22-2)16(13)23-9-15(20)19-10-6-7-11(17)12(18)8-10/h3-8H,9H2,1-2H3,(H,19,20). The Morgan fingerprint density at radius 3 is 2.26 bits per heavy atom. The van der Waals surface area contributed by atoms with Crippen LogP contribution in [0.1, 0.15) is 0 Å². The maximum atomic E-state index is 13.1. The van der Waals surface area contributed by atoms with Gasteiger partial charge in [0, 0.05) is 11.8 Å². The first kappa shape index (κ1) is 16.5. The van der Waals surface area contributed by atoms with Gasteiger partial charge in [-0.3, -0.25) is 4.79 Å². The molecule has 0 aliphatic heterocycles. The summed E-state index contributed by atoms with van der Waals surface area (Å²) in [7, 11) is 2.92. The number of nitrogens with one attached hydrogen (secondary N) is 1. The van der Waals surface area contributed by atoms with Gasteiger partial charge in [0.15, 0.2) is 29.7 Å². The van der Waals surface area contributed by atoms with Crippen molar-refractivity contribution in [3.8, 4) is 17.2 Å². The number of carbonyl (C=O) groups excluding carboxylic acids is 1. The molecule has 1 N–H and O–H groups in total. The normalized spacial score (nSPS) is 10.1. The lowest BCUT2D eigenvalue weighted by atomic mass is 10.3. The number of ether oxygens (including phenoxy) is 3. The fraction of sp³-hybridized carbons (Fsp3) is 0.188. The highest BCUT2D eigenvalue weighted by atomic mass is 19.2. The number of hydrogen-bond donors (Lipinski definition) is 1. The molecule has 0 spiro atoms. The van der Waals surface area contributed by atoms with Gasteiger partial charge in [-0.15, -0.1) is 0 Å². The average Bonchev–Trinajstić information content (AvgIpc) is 2.55. The quantitative estimate of drug-likeness (QED) is 0.888. The third-order valence-corrected chi connectivity index (χ3v) is 2.93. The van der Waals surface area contributed by atoms with Crippen molar-refractivity contribution in [3.63, 3.8) is 0 Å². The third kappa shape index (κ3) is 4.09. The van der Waals surface area contributed by atoms with Crippen molar-refractivity contribution in [1.29, 1.82) is 0 Å². The fourth-order valence-corrected chi connectivity index (χ4v) is 1.87. The van der Waals surface area contributed by atoms with Gasteiger partial charge in [-0.2, -0.15) is 0 Å². The predicted octanol–water partition coefficient (Wildman–Crippen LogP) is 3.00. The van der Waals surface area contributed by atoms with Crippen LogP contribution in [0.3, 0.4) is 0 Å². The lowest BCUT2D eigenvalue weighted by Crippen LogP contribution is -2.20. The Hall–Kier alpha value is -2.83. The number of anilines is 1. The summed E-state index contributed by atoms with van der Waals surface area (Å²) >= 11 is 0. The van der Waals surface area contributed by atoms with Crippen LogP contribution >= 0.6 is 0 Å². The van der Waals surface area contributed by atoms with Crippen LogP contribution in [0.2, 0.25) is 0 Å². The van der Waals surface area contributed by atoms with Gasteiger partial charge in [0.2, 0.25) is 5.75 Å². The van der Waals surface area contributed by atoms with E-state index in [0.717, 1.165) is 12.1 Å². The van der Waals surface area contributed by atoms with E-state index in [-0.39, 0.29) is 18.0 Å². The molecule has 23 heavy (non-hydrogen) atoms. The molecule has 0 atom stereocenters. The van der Waals surface area contributed by atoms with Gasteiger partial charge < -0.3 is 19.5 Å². The molecule has 2 aromatic carbocycles. The summed E-state index contributed by atoms with van der Waals surface area (Å²) in [4.78, 5) is 11.8. The molecule has 0 bridgehead atoms. The number of halogens is 2. The van der Waals surface area contributed by atoms with Crippen LogP contribution in [0.15, 0.2) is 36.4 Å². The Morgan fingerprint density at radius 2 is 1.70 bits per heavy atom. The second-order valence-corrected chi connectivity index (χ2v) is 4.46. The lowest BCUT2D eigenvalue weighted by Gasteiger charge is -2.14. The zero-order valence-corrected chi connectivity index (χ0v) is 12.6. The Morgan fingerprint density at radius 1 is 1.04 bits per heavy atom. The van der Waals surface area contributed by atoms with Crippen LogP contribution in [0, 0.1) is 11.6 Å². The minimum Gasteiger partial charge on any atom is -0.493 e. The molecule has 0 aliphatic rings. The van der Waals surface area contributed by atoms with E-state index >= 15 is 0 Å². The molecule has 0 radical (unpaired) electrons. The third-order valence-electron chi connectivity index (χ3n) is 2.93. The van der Waals surface area contributed by atoms with Crippen LogP contribution < -0.4 is 19.5 Å². The highest BCUT2D eigenvalue weighted by molar-refractivity contribution is 5.91. The van der Waals surface area contributed by atoms with Crippen LogP contribution in [0.5, 0.6) is 17.2 Å². The lowest BCUT2D eigenvalue weighted by molar-refractivity contribution is -0.118. The van der Waals surface area contributed by atoms with E-state index in [0.29, 0.717) is 11.5 Å². The molecular weight excluding hydrogens is 308 g/mol. The number of rotatable bonds is 6. The van der Waals surface area contributed by atoms with E-state index in [1.807, 2.05) is 0 Å². The van der Waals surface area contributed by atoms with E-state index in [9.17, 15) is 13.6 Å². The van der Waals surface area contributed by atoms with E-state index in [4.69, 9.17) is 14.2 Å². The summed E-state index contributed by atoms with van der Waals surface area (Å²) in [5, 5.41) is 2.40. The van der Waals surface area contributed by atoms with E-state index < -0.39 is 17.5 Å². The van der Waals surface area contributed by atoms with Gasteiger partial charge in [0.05, 0.1) is 14.2 Å². The molecule has 2 aromatic rings. The van der Waals surface area contributed by atoms with Gasteiger partial charge in [-0.25, -0.2) is 8.78 Å². The number of benzene rings is 2. The monoisotopic (exact) mass is 323 g/mol. The number of para-hydroxylation sites is 1. The van der Waals surface area contributed by atoms with Crippen LogP contribution in [0.25, 0.3) is 0 Å². The van der Waals surface area contributed by atoms with Crippen molar-refractivity contribution in [2.24, 2.45) is 0 Å².